The fourth-order valence-corrected chi connectivity index (χ4v) is 3.36. The highest BCUT2D eigenvalue weighted by atomic mass is 16.5. The van der Waals surface area contributed by atoms with Crippen LogP contribution in [0.5, 0.6) is 5.88 Å². The summed E-state index contributed by atoms with van der Waals surface area (Å²) in [6.45, 7) is 3.33. The van der Waals surface area contributed by atoms with Crippen molar-refractivity contribution in [2.24, 2.45) is 0 Å². The summed E-state index contributed by atoms with van der Waals surface area (Å²) in [6, 6.07) is 8.55. The van der Waals surface area contributed by atoms with Crippen LogP contribution in [0.15, 0.2) is 45.6 Å². The number of oxazole rings is 1. The molecule has 0 aliphatic carbocycles. The number of hydrogen-bond donors (Lipinski definition) is 0. The number of piperazine rings is 1. The lowest BCUT2D eigenvalue weighted by Crippen LogP contribution is -2.50. The van der Waals surface area contributed by atoms with E-state index in [1.165, 1.54) is 18.5 Å². The molecule has 4 rings (SSSR count). The second-order valence-corrected chi connectivity index (χ2v) is 6.99. The Labute approximate surface area is 189 Å². The van der Waals surface area contributed by atoms with Crippen LogP contribution in [0.4, 0.5) is 5.88 Å². The van der Waals surface area contributed by atoms with Gasteiger partial charge in [-0.05, 0) is 31.2 Å². The van der Waals surface area contributed by atoms with Crippen molar-refractivity contribution in [1.82, 2.24) is 14.9 Å². The molecule has 0 atom stereocenters. The van der Waals surface area contributed by atoms with E-state index < -0.39 is 12.6 Å². The number of ether oxygens (including phenoxy) is 2. The van der Waals surface area contributed by atoms with Crippen LogP contribution in [0.25, 0.3) is 11.7 Å². The molecule has 1 aliphatic heterocycles. The summed E-state index contributed by atoms with van der Waals surface area (Å²) >= 11 is 0. The number of aromatic nitrogens is 2. The molecule has 33 heavy (non-hydrogen) atoms. The third kappa shape index (κ3) is 4.79. The normalized spacial score (nSPS) is 13.5. The first kappa shape index (κ1) is 21.9. The molecule has 0 aromatic carbocycles. The van der Waals surface area contributed by atoms with E-state index >= 15 is 0 Å². The number of amides is 1. The summed E-state index contributed by atoms with van der Waals surface area (Å²) in [5.74, 6) is 0.152. The van der Waals surface area contributed by atoms with E-state index in [0.29, 0.717) is 44.4 Å². The van der Waals surface area contributed by atoms with Gasteiger partial charge in [-0.25, -0.2) is 9.78 Å². The molecule has 1 fully saturated rings. The third-order valence-corrected chi connectivity index (χ3v) is 4.97. The molecule has 0 radical (unpaired) electrons. The molecule has 0 saturated carbocycles. The van der Waals surface area contributed by atoms with Crippen molar-refractivity contribution >= 4 is 17.8 Å². The minimum Gasteiger partial charge on any atom is -0.477 e. The monoisotopic (exact) mass is 451 g/mol. The SMILES string of the molecule is CCOc1ncccc1C(=O)OCC(=O)N1CCN(c2oc(-c3ccco3)nc2C#N)CC1. The summed E-state index contributed by atoms with van der Waals surface area (Å²) in [5, 5.41) is 9.41. The fraction of sp³-hybridized carbons (Fsp3) is 0.318. The topological polar surface area (TPSA) is 135 Å². The van der Waals surface area contributed by atoms with Gasteiger partial charge in [0.1, 0.15) is 11.6 Å². The summed E-state index contributed by atoms with van der Waals surface area (Å²) in [7, 11) is 0. The Morgan fingerprint density at radius 3 is 2.73 bits per heavy atom. The number of carbonyl (C=O) groups is 2. The van der Waals surface area contributed by atoms with Gasteiger partial charge in [0.25, 0.3) is 11.8 Å². The zero-order chi connectivity index (χ0) is 23.2. The number of anilines is 1. The largest absolute Gasteiger partial charge is 0.477 e. The average Bonchev–Trinajstić information content (AvgIpc) is 3.53. The van der Waals surface area contributed by atoms with Crippen LogP contribution in [-0.4, -0.2) is 66.1 Å². The molecule has 3 aromatic heterocycles. The first-order chi connectivity index (χ1) is 16.1. The molecule has 0 bridgehead atoms. The van der Waals surface area contributed by atoms with Crippen LogP contribution in [0.3, 0.4) is 0 Å². The Kier molecular flexibility index (Phi) is 6.54. The smallest absolute Gasteiger partial charge is 0.344 e. The molecule has 0 N–H and O–H groups in total. The standard InChI is InChI=1S/C22H21N5O6/c1-2-30-19-15(5-3-7-24-19)22(29)32-14-18(28)26-8-10-27(11-9-26)21-16(13-23)25-20(33-21)17-6-4-12-31-17/h3-7,12H,2,8-11,14H2,1H3. The molecule has 170 valence electrons. The quantitative estimate of drug-likeness (QED) is 0.491. The number of pyridine rings is 1. The molecule has 3 aromatic rings. The van der Waals surface area contributed by atoms with Crippen molar-refractivity contribution in [3.8, 4) is 23.6 Å². The maximum Gasteiger partial charge on any atom is 0.344 e. The Balaban J connectivity index is 1.33. The number of nitrogens with zero attached hydrogens (tertiary/aromatic N) is 5. The van der Waals surface area contributed by atoms with E-state index in [0.717, 1.165) is 0 Å². The number of rotatable bonds is 7. The van der Waals surface area contributed by atoms with Crippen molar-refractivity contribution in [1.29, 1.82) is 5.26 Å². The minimum absolute atomic E-state index is 0.150. The van der Waals surface area contributed by atoms with Gasteiger partial charge in [-0.2, -0.15) is 10.2 Å². The van der Waals surface area contributed by atoms with Crippen LogP contribution in [0.1, 0.15) is 23.0 Å². The summed E-state index contributed by atoms with van der Waals surface area (Å²) in [5.41, 5.74) is 0.315. The van der Waals surface area contributed by atoms with Gasteiger partial charge in [0.15, 0.2) is 12.4 Å². The highest BCUT2D eigenvalue weighted by Gasteiger charge is 2.28. The van der Waals surface area contributed by atoms with Crippen LogP contribution < -0.4 is 9.64 Å². The minimum atomic E-state index is -0.677. The zero-order valence-corrected chi connectivity index (χ0v) is 17.9. The van der Waals surface area contributed by atoms with Crippen LogP contribution in [0.2, 0.25) is 0 Å². The number of hydrogen-bond acceptors (Lipinski definition) is 10. The highest BCUT2D eigenvalue weighted by molar-refractivity contribution is 5.93. The van der Waals surface area contributed by atoms with Crippen molar-refractivity contribution in [2.45, 2.75) is 6.92 Å². The fourth-order valence-electron chi connectivity index (χ4n) is 3.36. The predicted octanol–water partition coefficient (Wildman–Crippen LogP) is 2.11. The summed E-state index contributed by atoms with van der Waals surface area (Å²) < 4.78 is 21.5. The average molecular weight is 451 g/mol. The van der Waals surface area contributed by atoms with Gasteiger partial charge in [0, 0.05) is 32.4 Å². The van der Waals surface area contributed by atoms with Gasteiger partial charge >= 0.3 is 5.97 Å². The van der Waals surface area contributed by atoms with Gasteiger partial charge in [-0.15, -0.1) is 0 Å². The first-order valence-corrected chi connectivity index (χ1v) is 10.3. The second kappa shape index (κ2) is 9.86. The summed E-state index contributed by atoms with van der Waals surface area (Å²) in [4.78, 5) is 36.5. The summed E-state index contributed by atoms with van der Waals surface area (Å²) in [6.07, 6.45) is 3.00. The number of carbonyl (C=O) groups excluding carboxylic acids is 2. The Morgan fingerprint density at radius 1 is 1.21 bits per heavy atom. The number of furan rings is 1. The van der Waals surface area contributed by atoms with Gasteiger partial charge < -0.3 is 28.1 Å². The highest BCUT2D eigenvalue weighted by Crippen LogP contribution is 2.29. The van der Waals surface area contributed by atoms with E-state index in [1.807, 2.05) is 11.0 Å². The molecule has 1 amide bonds. The number of esters is 1. The van der Waals surface area contributed by atoms with Crippen molar-refractivity contribution in [2.75, 3.05) is 44.3 Å². The molecule has 1 aliphatic rings. The lowest BCUT2D eigenvalue weighted by molar-refractivity contribution is -0.134. The Bertz CT molecular complexity index is 1160. The van der Waals surface area contributed by atoms with E-state index in [2.05, 4.69) is 9.97 Å². The van der Waals surface area contributed by atoms with Crippen LogP contribution in [0, 0.1) is 11.3 Å². The van der Waals surface area contributed by atoms with Gasteiger partial charge in [0.2, 0.25) is 17.5 Å². The van der Waals surface area contributed by atoms with E-state index in [-0.39, 0.29) is 28.9 Å². The maximum absolute atomic E-state index is 12.6. The lowest BCUT2D eigenvalue weighted by atomic mass is 10.2. The predicted molar refractivity (Wildman–Crippen MR) is 113 cm³/mol. The second-order valence-electron chi connectivity index (χ2n) is 6.99. The van der Waals surface area contributed by atoms with E-state index in [9.17, 15) is 14.9 Å². The Hall–Kier alpha value is -4.33. The van der Waals surface area contributed by atoms with Gasteiger partial charge in [-0.1, -0.05) is 0 Å². The van der Waals surface area contributed by atoms with Crippen molar-refractivity contribution < 1.29 is 27.9 Å². The van der Waals surface area contributed by atoms with E-state index in [4.69, 9.17) is 18.3 Å². The number of nitriles is 1. The van der Waals surface area contributed by atoms with Gasteiger partial charge in [0.05, 0.1) is 12.9 Å². The molecule has 11 nitrogen and oxygen atoms in total. The van der Waals surface area contributed by atoms with Crippen molar-refractivity contribution in [3.63, 3.8) is 0 Å². The lowest BCUT2D eigenvalue weighted by Gasteiger charge is -2.34. The first-order valence-electron chi connectivity index (χ1n) is 10.3. The van der Waals surface area contributed by atoms with Crippen LogP contribution >= 0.6 is 0 Å². The third-order valence-electron chi connectivity index (χ3n) is 4.97. The van der Waals surface area contributed by atoms with E-state index in [1.54, 1.807) is 30.0 Å². The molecular weight excluding hydrogens is 430 g/mol. The molecule has 11 heteroatoms. The molecule has 1 saturated heterocycles. The van der Waals surface area contributed by atoms with Crippen LogP contribution in [-0.2, 0) is 9.53 Å². The molecular formula is C22H21N5O6. The van der Waals surface area contributed by atoms with Crippen molar-refractivity contribution in [3.05, 3.63) is 48.0 Å². The Morgan fingerprint density at radius 2 is 2.03 bits per heavy atom. The maximum atomic E-state index is 12.6. The molecule has 0 unspecified atom stereocenters. The van der Waals surface area contributed by atoms with Gasteiger partial charge in [-0.3, -0.25) is 4.79 Å². The zero-order valence-electron chi connectivity index (χ0n) is 17.9. The molecule has 0 spiro atoms. The molecule has 4 heterocycles.